The van der Waals surface area contributed by atoms with E-state index in [2.05, 4.69) is 30.4 Å². The van der Waals surface area contributed by atoms with E-state index in [0.29, 0.717) is 17.1 Å². The molecule has 0 saturated carbocycles. The van der Waals surface area contributed by atoms with E-state index in [9.17, 15) is 0 Å². The normalized spacial score (nSPS) is 12.4. The number of rotatable bonds is 6. The Labute approximate surface area is 114 Å². The Morgan fingerprint density at radius 3 is 2.89 bits per heavy atom. The summed E-state index contributed by atoms with van der Waals surface area (Å²) in [6.07, 6.45) is 2.95. The molecule has 1 atom stereocenters. The summed E-state index contributed by atoms with van der Waals surface area (Å²) < 4.78 is 1.47. The fourth-order valence-corrected chi connectivity index (χ4v) is 2.04. The van der Waals surface area contributed by atoms with Crippen molar-refractivity contribution in [1.82, 2.24) is 29.7 Å². The van der Waals surface area contributed by atoms with Crippen LogP contribution in [0.2, 0.25) is 0 Å². The predicted molar refractivity (Wildman–Crippen MR) is 71.3 cm³/mol. The zero-order chi connectivity index (χ0) is 13.7. The minimum atomic E-state index is 0.146. The van der Waals surface area contributed by atoms with Gasteiger partial charge in [-0.2, -0.15) is 24.7 Å². The summed E-state index contributed by atoms with van der Waals surface area (Å²) in [5.74, 6) is 1.81. The topological polar surface area (TPSA) is 102 Å². The van der Waals surface area contributed by atoms with Gasteiger partial charge in [0.25, 0.3) is 5.95 Å². The van der Waals surface area contributed by atoms with Gasteiger partial charge in [-0.25, -0.2) is 4.98 Å². The summed E-state index contributed by atoms with van der Waals surface area (Å²) in [5, 5.41) is 16.5. The number of hydrogen-bond donors (Lipinski definition) is 2. The van der Waals surface area contributed by atoms with E-state index in [-0.39, 0.29) is 12.5 Å². The first-order valence-electron chi connectivity index (χ1n) is 5.75. The molecule has 2 N–H and O–H groups in total. The Kier molecular flexibility index (Phi) is 4.63. The molecule has 0 amide bonds. The van der Waals surface area contributed by atoms with Crippen LogP contribution in [0.5, 0.6) is 0 Å². The lowest BCUT2D eigenvalue weighted by Crippen LogP contribution is -2.09. The Bertz CT molecular complexity index is 519. The van der Waals surface area contributed by atoms with Crippen LogP contribution in [0, 0.1) is 5.92 Å². The summed E-state index contributed by atoms with van der Waals surface area (Å²) >= 11 is 1.47. The molecule has 0 spiro atoms. The molecule has 1 unspecified atom stereocenters. The average molecular weight is 281 g/mol. The van der Waals surface area contributed by atoms with Crippen LogP contribution in [0.3, 0.4) is 0 Å². The summed E-state index contributed by atoms with van der Waals surface area (Å²) in [4.78, 5) is 16.6. The molecule has 2 aromatic heterocycles. The summed E-state index contributed by atoms with van der Waals surface area (Å²) in [6, 6.07) is 0. The Morgan fingerprint density at radius 2 is 2.26 bits per heavy atom. The molecule has 0 aliphatic carbocycles. The van der Waals surface area contributed by atoms with Crippen LogP contribution in [0.15, 0.2) is 17.8 Å². The summed E-state index contributed by atoms with van der Waals surface area (Å²) in [7, 11) is 1.74. The first kappa shape index (κ1) is 13.7. The summed E-state index contributed by atoms with van der Waals surface area (Å²) in [6.45, 7) is 2.11. The van der Waals surface area contributed by atoms with Gasteiger partial charge in [-0.05, 0) is 5.92 Å². The highest BCUT2D eigenvalue weighted by Crippen LogP contribution is 2.18. The minimum absolute atomic E-state index is 0.146. The number of hydrogen-bond acceptors (Lipinski definition) is 8. The molecule has 102 valence electrons. The van der Waals surface area contributed by atoms with Gasteiger partial charge < -0.3 is 10.4 Å². The summed E-state index contributed by atoms with van der Waals surface area (Å²) in [5.41, 5.74) is 0. The third-order valence-electron chi connectivity index (χ3n) is 2.26. The standard InChI is InChI=1S/C10H15N7OS/c1-7(3-18)4-19-10-15-8(11-2)14-9(16-10)17-6-12-5-13-17/h5-7,18H,3-4H2,1-2H3,(H,11,14,15,16). The molecule has 0 saturated heterocycles. The molecule has 2 heterocycles. The molecule has 0 fully saturated rings. The van der Waals surface area contributed by atoms with Crippen LogP contribution in [-0.2, 0) is 0 Å². The van der Waals surface area contributed by atoms with Gasteiger partial charge >= 0.3 is 0 Å². The molecule has 0 radical (unpaired) electrons. The monoisotopic (exact) mass is 281 g/mol. The Morgan fingerprint density at radius 1 is 1.42 bits per heavy atom. The van der Waals surface area contributed by atoms with Gasteiger partial charge in [-0.3, -0.25) is 0 Å². The number of aromatic nitrogens is 6. The average Bonchev–Trinajstić information content (AvgIpc) is 2.98. The largest absolute Gasteiger partial charge is 0.396 e. The van der Waals surface area contributed by atoms with E-state index in [4.69, 9.17) is 5.11 Å². The molecule has 0 bridgehead atoms. The van der Waals surface area contributed by atoms with Crippen LogP contribution in [0.1, 0.15) is 6.92 Å². The van der Waals surface area contributed by atoms with Gasteiger partial charge in [-0.15, -0.1) is 0 Å². The van der Waals surface area contributed by atoms with Gasteiger partial charge in [-0.1, -0.05) is 18.7 Å². The van der Waals surface area contributed by atoms with Gasteiger partial charge in [0.2, 0.25) is 5.95 Å². The van der Waals surface area contributed by atoms with Gasteiger partial charge in [0.1, 0.15) is 12.7 Å². The van der Waals surface area contributed by atoms with Crippen LogP contribution in [0.4, 0.5) is 5.95 Å². The van der Waals surface area contributed by atoms with Crippen molar-refractivity contribution in [3.63, 3.8) is 0 Å². The zero-order valence-electron chi connectivity index (χ0n) is 10.7. The van der Waals surface area contributed by atoms with E-state index in [1.807, 2.05) is 6.92 Å². The number of aliphatic hydroxyl groups is 1. The highest BCUT2D eigenvalue weighted by atomic mass is 32.2. The van der Waals surface area contributed by atoms with Crippen molar-refractivity contribution in [3.8, 4) is 5.95 Å². The van der Waals surface area contributed by atoms with E-state index in [1.165, 1.54) is 29.1 Å². The van der Waals surface area contributed by atoms with Gasteiger partial charge in [0.15, 0.2) is 5.16 Å². The van der Waals surface area contributed by atoms with Crippen molar-refractivity contribution in [3.05, 3.63) is 12.7 Å². The molecule has 0 aliphatic rings. The minimum Gasteiger partial charge on any atom is -0.396 e. The van der Waals surface area contributed by atoms with Crippen molar-refractivity contribution in [2.75, 3.05) is 24.7 Å². The van der Waals surface area contributed by atoms with E-state index in [1.54, 1.807) is 7.05 Å². The molecule has 2 aromatic rings. The third kappa shape index (κ3) is 3.61. The second kappa shape index (κ2) is 6.43. The van der Waals surface area contributed by atoms with E-state index >= 15 is 0 Å². The van der Waals surface area contributed by atoms with Crippen LogP contribution in [-0.4, -0.2) is 54.2 Å². The number of nitrogens with zero attached hydrogens (tertiary/aromatic N) is 6. The molecule has 9 heteroatoms. The first-order valence-corrected chi connectivity index (χ1v) is 6.74. The Hall–Kier alpha value is -1.74. The highest BCUT2D eigenvalue weighted by Gasteiger charge is 2.10. The first-order chi connectivity index (χ1) is 9.22. The zero-order valence-corrected chi connectivity index (χ0v) is 11.5. The van der Waals surface area contributed by atoms with Crippen molar-refractivity contribution in [2.45, 2.75) is 12.1 Å². The van der Waals surface area contributed by atoms with E-state index in [0.717, 1.165) is 5.75 Å². The van der Waals surface area contributed by atoms with Crippen molar-refractivity contribution < 1.29 is 5.11 Å². The fraction of sp³-hybridized carbons (Fsp3) is 0.500. The predicted octanol–water partition coefficient (Wildman–Crippen LogP) is 0.214. The third-order valence-corrected chi connectivity index (χ3v) is 3.44. The molecule has 2 rings (SSSR count). The van der Waals surface area contributed by atoms with Crippen LogP contribution < -0.4 is 5.32 Å². The van der Waals surface area contributed by atoms with Crippen molar-refractivity contribution >= 4 is 17.7 Å². The maximum absolute atomic E-state index is 9.02. The number of thioether (sulfide) groups is 1. The van der Waals surface area contributed by atoms with Crippen molar-refractivity contribution in [1.29, 1.82) is 0 Å². The van der Waals surface area contributed by atoms with E-state index < -0.39 is 0 Å². The van der Waals surface area contributed by atoms with Crippen LogP contribution >= 0.6 is 11.8 Å². The number of nitrogens with one attached hydrogen (secondary N) is 1. The quantitative estimate of drug-likeness (QED) is 0.725. The molecule has 0 aliphatic heterocycles. The van der Waals surface area contributed by atoms with Gasteiger partial charge in [0, 0.05) is 19.4 Å². The molecular formula is C10H15N7OS. The SMILES string of the molecule is CNc1nc(SCC(C)CO)nc(-n2cncn2)n1. The molecular weight excluding hydrogens is 266 g/mol. The molecule has 19 heavy (non-hydrogen) atoms. The van der Waals surface area contributed by atoms with Crippen LogP contribution in [0.25, 0.3) is 5.95 Å². The molecule has 0 aromatic carbocycles. The lowest BCUT2D eigenvalue weighted by molar-refractivity contribution is 0.250. The maximum Gasteiger partial charge on any atom is 0.257 e. The number of anilines is 1. The highest BCUT2D eigenvalue weighted by molar-refractivity contribution is 7.99. The van der Waals surface area contributed by atoms with Gasteiger partial charge in [0.05, 0.1) is 0 Å². The second-order valence-corrected chi connectivity index (χ2v) is 4.92. The lowest BCUT2D eigenvalue weighted by atomic mass is 10.2. The maximum atomic E-state index is 9.02. The van der Waals surface area contributed by atoms with Crippen molar-refractivity contribution in [2.24, 2.45) is 5.92 Å². The molecule has 8 nitrogen and oxygen atoms in total. The Balaban J connectivity index is 2.21. The second-order valence-electron chi connectivity index (χ2n) is 3.93. The number of aliphatic hydroxyl groups excluding tert-OH is 1. The lowest BCUT2D eigenvalue weighted by Gasteiger charge is -2.08. The smallest absolute Gasteiger partial charge is 0.257 e. The fourth-order valence-electron chi connectivity index (χ4n) is 1.21.